The molecule has 0 aromatic heterocycles. The molecule has 1 aromatic carbocycles. The van der Waals surface area contributed by atoms with Gasteiger partial charge in [0, 0.05) is 19.6 Å². The Labute approximate surface area is 122 Å². The Balaban J connectivity index is 3.00. The van der Waals surface area contributed by atoms with Crippen LogP contribution in [-0.2, 0) is 4.79 Å². The summed E-state index contributed by atoms with van der Waals surface area (Å²) in [6, 6.07) is 8.60. The molecule has 0 saturated heterocycles. The second-order valence-electron chi connectivity index (χ2n) is 5.20. The minimum atomic E-state index is -0.0497. The van der Waals surface area contributed by atoms with Gasteiger partial charge in [0.2, 0.25) is 5.91 Å². The van der Waals surface area contributed by atoms with Crippen LogP contribution in [0.1, 0.15) is 43.4 Å². The molecule has 0 aliphatic rings. The van der Waals surface area contributed by atoms with E-state index in [4.69, 9.17) is 0 Å². The van der Waals surface area contributed by atoms with Gasteiger partial charge in [-0.05, 0) is 36.6 Å². The fraction of sp³-hybridized carbons (Fsp3) is 0.471. The van der Waals surface area contributed by atoms with Gasteiger partial charge < -0.3 is 10.2 Å². The van der Waals surface area contributed by atoms with Crippen LogP contribution in [0.3, 0.4) is 0 Å². The van der Waals surface area contributed by atoms with Gasteiger partial charge in [-0.15, -0.1) is 0 Å². The molecule has 0 bridgehead atoms. The topological polar surface area (TPSA) is 32.3 Å². The van der Waals surface area contributed by atoms with E-state index >= 15 is 0 Å². The average Bonchev–Trinajstić information content (AvgIpc) is 2.50. The van der Waals surface area contributed by atoms with Crippen LogP contribution in [0.15, 0.2) is 36.9 Å². The quantitative estimate of drug-likeness (QED) is 0.775. The third kappa shape index (κ3) is 3.94. The Morgan fingerprint density at radius 3 is 2.50 bits per heavy atom. The van der Waals surface area contributed by atoms with E-state index in [1.807, 2.05) is 7.05 Å². The highest BCUT2D eigenvalue weighted by molar-refractivity contribution is 5.86. The molecular weight excluding hydrogens is 248 g/mol. The summed E-state index contributed by atoms with van der Waals surface area (Å²) in [5.41, 5.74) is 2.63. The molecule has 1 N–H and O–H groups in total. The average molecular weight is 274 g/mol. The number of nitrogens with one attached hydrogen (secondary N) is 1. The van der Waals surface area contributed by atoms with Crippen molar-refractivity contribution in [3.05, 3.63) is 48.0 Å². The molecule has 0 saturated carbocycles. The number of rotatable bonds is 7. The number of amides is 1. The molecule has 2 atom stereocenters. The molecular formula is C17H26N2O. The first kappa shape index (κ1) is 16.4. The Bertz CT molecular complexity index is 456. The summed E-state index contributed by atoms with van der Waals surface area (Å²) in [7, 11) is 3.74. The molecule has 2 unspecified atom stereocenters. The second kappa shape index (κ2) is 7.85. The van der Waals surface area contributed by atoms with E-state index in [0.29, 0.717) is 12.5 Å². The Kier molecular flexibility index (Phi) is 6.46. The summed E-state index contributed by atoms with van der Waals surface area (Å²) in [5, 5.41) is 3.32. The van der Waals surface area contributed by atoms with Gasteiger partial charge in [0.15, 0.2) is 0 Å². The van der Waals surface area contributed by atoms with Crippen molar-refractivity contribution in [3.8, 4) is 0 Å². The van der Waals surface area contributed by atoms with Crippen LogP contribution in [0.2, 0.25) is 0 Å². The van der Waals surface area contributed by atoms with E-state index < -0.39 is 0 Å². The molecule has 0 aliphatic heterocycles. The number of benzene rings is 1. The number of hydrogen-bond donors (Lipinski definition) is 1. The van der Waals surface area contributed by atoms with Crippen molar-refractivity contribution in [2.24, 2.45) is 0 Å². The van der Waals surface area contributed by atoms with Gasteiger partial charge >= 0.3 is 0 Å². The van der Waals surface area contributed by atoms with E-state index in [1.54, 1.807) is 11.9 Å². The normalized spacial score (nSPS) is 13.6. The zero-order valence-electron chi connectivity index (χ0n) is 13.0. The lowest BCUT2D eigenvalue weighted by Gasteiger charge is -2.26. The van der Waals surface area contributed by atoms with Crippen LogP contribution in [0.4, 0.5) is 0 Å². The van der Waals surface area contributed by atoms with Crippen LogP contribution in [0.5, 0.6) is 0 Å². The predicted molar refractivity (Wildman–Crippen MR) is 84.8 cm³/mol. The monoisotopic (exact) mass is 274 g/mol. The van der Waals surface area contributed by atoms with Gasteiger partial charge in [0.05, 0.1) is 0 Å². The van der Waals surface area contributed by atoms with E-state index in [-0.39, 0.29) is 11.9 Å². The van der Waals surface area contributed by atoms with Crippen LogP contribution < -0.4 is 5.32 Å². The van der Waals surface area contributed by atoms with Gasteiger partial charge in [0.1, 0.15) is 0 Å². The second-order valence-corrected chi connectivity index (χ2v) is 5.20. The fourth-order valence-corrected chi connectivity index (χ4v) is 2.36. The third-order valence-electron chi connectivity index (χ3n) is 3.87. The van der Waals surface area contributed by atoms with Gasteiger partial charge in [-0.25, -0.2) is 0 Å². The highest BCUT2D eigenvalue weighted by atomic mass is 16.2. The zero-order valence-corrected chi connectivity index (χ0v) is 13.0. The van der Waals surface area contributed by atoms with Gasteiger partial charge in [0.25, 0.3) is 0 Å². The van der Waals surface area contributed by atoms with Gasteiger partial charge in [-0.3, -0.25) is 4.79 Å². The minimum absolute atomic E-state index is 0.0497. The number of nitrogens with zero attached hydrogens (tertiary/aromatic N) is 1. The van der Waals surface area contributed by atoms with Crippen LogP contribution >= 0.6 is 0 Å². The summed E-state index contributed by atoms with van der Waals surface area (Å²) >= 11 is 0. The lowest BCUT2D eigenvalue weighted by molar-refractivity contribution is -0.125. The molecule has 110 valence electrons. The van der Waals surface area contributed by atoms with Crippen LogP contribution in [0, 0.1) is 0 Å². The molecule has 1 aromatic rings. The lowest BCUT2D eigenvalue weighted by atomic mass is 9.90. The number of carbonyl (C=O) groups is 1. The maximum atomic E-state index is 11.6. The van der Waals surface area contributed by atoms with Gasteiger partial charge in [-0.1, -0.05) is 44.7 Å². The van der Waals surface area contributed by atoms with E-state index in [9.17, 15) is 4.79 Å². The van der Waals surface area contributed by atoms with Crippen molar-refractivity contribution in [3.63, 3.8) is 0 Å². The first-order valence-corrected chi connectivity index (χ1v) is 7.18. The number of hydrogen-bond acceptors (Lipinski definition) is 2. The van der Waals surface area contributed by atoms with Crippen LogP contribution in [0.25, 0.3) is 0 Å². The molecule has 3 heteroatoms. The Morgan fingerprint density at radius 1 is 1.40 bits per heavy atom. The fourth-order valence-electron chi connectivity index (χ4n) is 2.36. The first-order valence-electron chi connectivity index (χ1n) is 7.18. The molecule has 1 amide bonds. The summed E-state index contributed by atoms with van der Waals surface area (Å²) < 4.78 is 0. The van der Waals surface area contributed by atoms with E-state index in [2.05, 4.69) is 50.0 Å². The highest BCUT2D eigenvalue weighted by Crippen LogP contribution is 2.27. The molecule has 0 heterocycles. The Hall–Kier alpha value is -1.61. The van der Waals surface area contributed by atoms with Crippen molar-refractivity contribution in [1.29, 1.82) is 0 Å². The van der Waals surface area contributed by atoms with Crippen molar-refractivity contribution in [2.75, 3.05) is 20.6 Å². The van der Waals surface area contributed by atoms with Crippen LogP contribution in [-0.4, -0.2) is 31.4 Å². The summed E-state index contributed by atoms with van der Waals surface area (Å²) in [6.07, 6.45) is 2.46. The SMILES string of the molecule is C=CC(=O)N(C)CC(NC)c1ccccc1C(C)CC. The molecule has 0 aliphatic carbocycles. The summed E-state index contributed by atoms with van der Waals surface area (Å²) in [6.45, 7) is 8.61. The molecule has 1 rings (SSSR count). The van der Waals surface area contributed by atoms with Gasteiger partial charge in [-0.2, -0.15) is 0 Å². The van der Waals surface area contributed by atoms with E-state index in [1.165, 1.54) is 17.2 Å². The maximum absolute atomic E-state index is 11.6. The maximum Gasteiger partial charge on any atom is 0.245 e. The standard InChI is InChI=1S/C17H26N2O/c1-6-13(3)14-10-8-9-11-15(14)16(18-4)12-19(5)17(20)7-2/h7-11,13,16,18H,2,6,12H2,1,3-5H3. The van der Waals surface area contributed by atoms with Crippen molar-refractivity contribution in [1.82, 2.24) is 10.2 Å². The molecule has 20 heavy (non-hydrogen) atoms. The molecule has 0 radical (unpaired) electrons. The molecule has 3 nitrogen and oxygen atoms in total. The van der Waals surface area contributed by atoms with E-state index in [0.717, 1.165) is 6.42 Å². The predicted octanol–water partition coefficient (Wildman–Crippen LogP) is 3.11. The smallest absolute Gasteiger partial charge is 0.245 e. The number of carbonyl (C=O) groups excluding carboxylic acids is 1. The lowest BCUT2D eigenvalue weighted by Crippen LogP contribution is -2.35. The largest absolute Gasteiger partial charge is 0.340 e. The Morgan fingerprint density at radius 2 is 2.00 bits per heavy atom. The minimum Gasteiger partial charge on any atom is -0.340 e. The number of likely N-dealkylation sites (N-methyl/N-ethyl adjacent to an activating group) is 2. The first-order chi connectivity index (χ1) is 9.54. The third-order valence-corrected chi connectivity index (χ3v) is 3.87. The molecule has 0 fully saturated rings. The summed E-state index contributed by atoms with van der Waals surface area (Å²) in [4.78, 5) is 13.3. The summed E-state index contributed by atoms with van der Waals surface area (Å²) in [5.74, 6) is 0.466. The highest BCUT2D eigenvalue weighted by Gasteiger charge is 2.18. The van der Waals surface area contributed by atoms with Crippen molar-refractivity contribution in [2.45, 2.75) is 32.2 Å². The molecule has 0 spiro atoms. The van der Waals surface area contributed by atoms with Crippen molar-refractivity contribution >= 4 is 5.91 Å². The zero-order chi connectivity index (χ0) is 15.1. The van der Waals surface area contributed by atoms with Crippen molar-refractivity contribution < 1.29 is 4.79 Å².